The molecule has 0 heterocycles. The molecule has 0 aliphatic carbocycles. The number of hydrogen-bond acceptors (Lipinski definition) is 1. The minimum Gasteiger partial charge on any atom is -0.388 e. The zero-order valence-electron chi connectivity index (χ0n) is 10.3. The fourth-order valence-corrected chi connectivity index (χ4v) is 2.13. The molecule has 0 aliphatic rings. The summed E-state index contributed by atoms with van der Waals surface area (Å²) in [5.41, 5.74) is -0.435. The van der Waals surface area contributed by atoms with Crippen molar-refractivity contribution in [1.82, 2.24) is 0 Å². The molecular formula is C13H16BrF3O. The van der Waals surface area contributed by atoms with Crippen LogP contribution in [0.2, 0.25) is 0 Å². The van der Waals surface area contributed by atoms with E-state index >= 15 is 0 Å². The van der Waals surface area contributed by atoms with Gasteiger partial charge in [0.1, 0.15) is 0 Å². The van der Waals surface area contributed by atoms with E-state index in [0.717, 1.165) is 18.6 Å². The van der Waals surface area contributed by atoms with E-state index in [1.807, 2.05) is 13.8 Å². The normalized spacial score (nSPS) is 14.0. The van der Waals surface area contributed by atoms with Crippen molar-refractivity contribution in [3.8, 4) is 0 Å². The summed E-state index contributed by atoms with van der Waals surface area (Å²) in [6, 6.07) is 3.34. The molecule has 1 unspecified atom stereocenters. The zero-order valence-corrected chi connectivity index (χ0v) is 11.8. The molecule has 0 aromatic heterocycles. The summed E-state index contributed by atoms with van der Waals surface area (Å²) in [6.45, 7) is 4.02. The van der Waals surface area contributed by atoms with Crippen LogP contribution in [-0.2, 0) is 6.18 Å². The predicted octanol–water partition coefficient (Wildman–Crippen LogP) is 4.94. The first-order valence-corrected chi connectivity index (χ1v) is 6.56. The molecule has 0 spiro atoms. The van der Waals surface area contributed by atoms with Crippen LogP contribution in [0.25, 0.3) is 0 Å². The molecule has 0 aliphatic heterocycles. The lowest BCUT2D eigenvalue weighted by Crippen LogP contribution is -2.08. The largest absolute Gasteiger partial charge is 0.416 e. The van der Waals surface area contributed by atoms with Crippen LogP contribution in [0.5, 0.6) is 0 Å². The Morgan fingerprint density at radius 2 is 1.83 bits per heavy atom. The average molecular weight is 325 g/mol. The number of rotatable bonds is 4. The van der Waals surface area contributed by atoms with Gasteiger partial charge in [0.05, 0.1) is 11.7 Å². The van der Waals surface area contributed by atoms with Crippen LogP contribution >= 0.6 is 15.9 Å². The lowest BCUT2D eigenvalue weighted by atomic mass is 9.98. The van der Waals surface area contributed by atoms with Gasteiger partial charge in [0.25, 0.3) is 0 Å². The van der Waals surface area contributed by atoms with E-state index in [9.17, 15) is 18.3 Å². The third-order valence-corrected chi connectivity index (χ3v) is 3.42. The molecule has 1 atom stereocenters. The molecule has 0 saturated heterocycles. The Balaban J connectivity index is 2.93. The van der Waals surface area contributed by atoms with Gasteiger partial charge >= 0.3 is 6.18 Å². The fraction of sp³-hybridized carbons (Fsp3) is 0.538. The van der Waals surface area contributed by atoms with Gasteiger partial charge in [0.2, 0.25) is 0 Å². The number of hydrogen-bond donors (Lipinski definition) is 1. The third kappa shape index (κ3) is 4.28. The second-order valence-electron chi connectivity index (χ2n) is 4.72. The molecule has 5 heteroatoms. The Morgan fingerprint density at radius 3 is 2.33 bits per heavy atom. The van der Waals surface area contributed by atoms with Crippen molar-refractivity contribution in [3.05, 3.63) is 33.8 Å². The molecule has 0 radical (unpaired) electrons. The van der Waals surface area contributed by atoms with Crippen LogP contribution in [0.3, 0.4) is 0 Å². The molecular weight excluding hydrogens is 309 g/mol. The highest BCUT2D eigenvalue weighted by atomic mass is 79.9. The van der Waals surface area contributed by atoms with E-state index in [1.54, 1.807) is 0 Å². The zero-order chi connectivity index (χ0) is 13.9. The third-order valence-electron chi connectivity index (χ3n) is 2.70. The van der Waals surface area contributed by atoms with Gasteiger partial charge in [-0.2, -0.15) is 13.2 Å². The summed E-state index contributed by atoms with van der Waals surface area (Å²) >= 11 is 3.18. The van der Waals surface area contributed by atoms with Crippen molar-refractivity contribution in [2.24, 2.45) is 5.92 Å². The molecule has 0 saturated carbocycles. The van der Waals surface area contributed by atoms with Gasteiger partial charge < -0.3 is 5.11 Å². The summed E-state index contributed by atoms with van der Waals surface area (Å²) in [6.07, 6.45) is -4.03. The molecule has 1 aromatic rings. The van der Waals surface area contributed by atoms with Gasteiger partial charge in [-0.15, -0.1) is 0 Å². The Kier molecular flexibility index (Phi) is 5.22. The van der Waals surface area contributed by atoms with Crippen molar-refractivity contribution < 1.29 is 18.3 Å². The van der Waals surface area contributed by atoms with Crippen LogP contribution in [0.15, 0.2) is 22.7 Å². The molecule has 1 aromatic carbocycles. The van der Waals surface area contributed by atoms with Gasteiger partial charge in [-0.05, 0) is 42.5 Å². The molecule has 1 N–H and O–H groups in total. The molecule has 0 amide bonds. The maximum atomic E-state index is 12.6. The molecule has 1 rings (SSSR count). The molecule has 102 valence electrons. The van der Waals surface area contributed by atoms with Gasteiger partial charge in [0.15, 0.2) is 0 Å². The van der Waals surface area contributed by atoms with Crippen molar-refractivity contribution >= 4 is 15.9 Å². The maximum Gasteiger partial charge on any atom is 0.416 e. The van der Waals surface area contributed by atoms with E-state index in [0.29, 0.717) is 22.4 Å². The minimum absolute atomic E-state index is 0.297. The summed E-state index contributed by atoms with van der Waals surface area (Å²) in [4.78, 5) is 0. The fourth-order valence-electron chi connectivity index (χ4n) is 1.62. The summed E-state index contributed by atoms with van der Waals surface area (Å²) in [7, 11) is 0. The quantitative estimate of drug-likeness (QED) is 0.831. The van der Waals surface area contributed by atoms with E-state index in [1.165, 1.54) is 6.07 Å². The second kappa shape index (κ2) is 6.06. The maximum absolute atomic E-state index is 12.6. The van der Waals surface area contributed by atoms with E-state index < -0.39 is 17.8 Å². The summed E-state index contributed by atoms with van der Waals surface area (Å²) in [5, 5.41) is 9.94. The first-order chi connectivity index (χ1) is 8.21. The van der Waals surface area contributed by atoms with Gasteiger partial charge in [-0.25, -0.2) is 0 Å². The van der Waals surface area contributed by atoms with Crippen molar-refractivity contribution in [2.75, 3.05) is 0 Å². The number of benzene rings is 1. The first kappa shape index (κ1) is 15.5. The second-order valence-corrected chi connectivity index (χ2v) is 5.58. The number of halogens is 4. The standard InChI is InChI=1S/C13H16BrF3O/c1-8(2)3-6-12(18)10-7-9(13(15,16)17)4-5-11(10)14/h4-5,7-8,12,18H,3,6H2,1-2H3. The van der Waals surface area contributed by atoms with Gasteiger partial charge in [-0.1, -0.05) is 29.8 Å². The average Bonchev–Trinajstić information content (AvgIpc) is 2.24. The Hall–Kier alpha value is -0.550. The van der Waals surface area contributed by atoms with Crippen LogP contribution < -0.4 is 0 Å². The smallest absolute Gasteiger partial charge is 0.388 e. The topological polar surface area (TPSA) is 20.2 Å². The summed E-state index contributed by atoms with van der Waals surface area (Å²) in [5.74, 6) is 0.407. The van der Waals surface area contributed by atoms with Crippen LogP contribution in [-0.4, -0.2) is 5.11 Å². The lowest BCUT2D eigenvalue weighted by molar-refractivity contribution is -0.137. The molecule has 0 fully saturated rings. The lowest BCUT2D eigenvalue weighted by Gasteiger charge is -2.16. The molecule has 1 nitrogen and oxygen atoms in total. The first-order valence-electron chi connectivity index (χ1n) is 5.76. The van der Waals surface area contributed by atoms with E-state index in [2.05, 4.69) is 15.9 Å². The Bertz CT molecular complexity index is 402. The number of aliphatic hydroxyl groups excluding tert-OH is 1. The van der Waals surface area contributed by atoms with Crippen LogP contribution in [0.4, 0.5) is 13.2 Å². The Labute approximate surface area is 113 Å². The summed E-state index contributed by atoms with van der Waals surface area (Å²) < 4.78 is 38.2. The Morgan fingerprint density at radius 1 is 1.22 bits per heavy atom. The monoisotopic (exact) mass is 324 g/mol. The highest BCUT2D eigenvalue weighted by Gasteiger charge is 2.31. The molecule has 18 heavy (non-hydrogen) atoms. The minimum atomic E-state index is -4.38. The van der Waals surface area contributed by atoms with Crippen LogP contribution in [0.1, 0.15) is 43.9 Å². The number of aliphatic hydroxyl groups is 1. The van der Waals surface area contributed by atoms with Crippen molar-refractivity contribution in [2.45, 2.75) is 39.0 Å². The highest BCUT2D eigenvalue weighted by molar-refractivity contribution is 9.10. The molecule has 0 bridgehead atoms. The van der Waals surface area contributed by atoms with Crippen LogP contribution in [0, 0.1) is 5.92 Å². The van der Waals surface area contributed by atoms with Gasteiger partial charge in [0, 0.05) is 4.47 Å². The van der Waals surface area contributed by atoms with Gasteiger partial charge in [-0.3, -0.25) is 0 Å². The van der Waals surface area contributed by atoms with Crippen molar-refractivity contribution in [3.63, 3.8) is 0 Å². The van der Waals surface area contributed by atoms with Crippen molar-refractivity contribution in [1.29, 1.82) is 0 Å². The predicted molar refractivity (Wildman–Crippen MR) is 68.2 cm³/mol. The van der Waals surface area contributed by atoms with E-state index in [-0.39, 0.29) is 0 Å². The number of alkyl halides is 3. The van der Waals surface area contributed by atoms with E-state index in [4.69, 9.17) is 0 Å². The SMILES string of the molecule is CC(C)CCC(O)c1cc(C(F)(F)F)ccc1Br. The highest BCUT2D eigenvalue weighted by Crippen LogP contribution is 2.35.